The molecule has 2 aromatic heterocycles. The van der Waals surface area contributed by atoms with Gasteiger partial charge in [0.2, 0.25) is 0 Å². The number of para-hydroxylation sites is 2. The Bertz CT molecular complexity index is 1660. The van der Waals surface area contributed by atoms with Gasteiger partial charge < -0.3 is 9.13 Å². The van der Waals surface area contributed by atoms with Crippen LogP contribution in [0.2, 0.25) is 0 Å². The molecule has 3 nitrogen and oxygen atoms in total. The molecule has 174 valence electrons. The summed E-state index contributed by atoms with van der Waals surface area (Å²) in [4.78, 5) is 5.13. The van der Waals surface area contributed by atoms with E-state index in [0.717, 1.165) is 30.7 Å². The summed E-state index contributed by atoms with van der Waals surface area (Å²) in [5.41, 5.74) is 11.3. The summed E-state index contributed by atoms with van der Waals surface area (Å²) >= 11 is 0. The number of aromatic nitrogens is 3. The number of aryl methyl sites for hydroxylation is 4. The maximum absolute atomic E-state index is 5.13. The average Bonchev–Trinajstić information content (AvgIpc) is 3.43. The maximum atomic E-state index is 5.13. The lowest BCUT2D eigenvalue weighted by molar-refractivity contribution is 0.795. The highest BCUT2D eigenvalue weighted by Gasteiger charge is 2.17. The second kappa shape index (κ2) is 8.42. The predicted molar refractivity (Wildman–Crippen MR) is 149 cm³/mol. The molecule has 4 aromatic carbocycles. The molecular formula is C32H31N3. The van der Waals surface area contributed by atoms with Crippen molar-refractivity contribution in [2.24, 2.45) is 0 Å². The summed E-state index contributed by atoms with van der Waals surface area (Å²) in [5.74, 6) is 1.05. The van der Waals surface area contributed by atoms with Crippen molar-refractivity contribution in [2.45, 2.75) is 47.1 Å². The number of rotatable bonds is 5. The molecule has 0 saturated carbocycles. The minimum absolute atomic E-state index is 0.897. The number of nitrogens with zero attached hydrogens (tertiary/aromatic N) is 3. The lowest BCUT2D eigenvalue weighted by atomic mass is 10.0. The van der Waals surface area contributed by atoms with Gasteiger partial charge in [0.1, 0.15) is 5.82 Å². The molecule has 2 heterocycles. The van der Waals surface area contributed by atoms with Gasteiger partial charge >= 0.3 is 0 Å². The van der Waals surface area contributed by atoms with Crippen molar-refractivity contribution in [2.75, 3.05) is 0 Å². The monoisotopic (exact) mass is 457 g/mol. The van der Waals surface area contributed by atoms with E-state index in [1.807, 2.05) is 0 Å². The van der Waals surface area contributed by atoms with Crippen molar-refractivity contribution in [1.82, 2.24) is 14.1 Å². The van der Waals surface area contributed by atoms with Crippen molar-refractivity contribution in [3.63, 3.8) is 0 Å². The first kappa shape index (κ1) is 21.7. The Hall–Kier alpha value is -3.85. The van der Waals surface area contributed by atoms with Gasteiger partial charge in [0.25, 0.3) is 0 Å². The largest absolute Gasteiger partial charge is 0.324 e. The average molecular weight is 458 g/mol. The molecule has 6 rings (SSSR count). The van der Waals surface area contributed by atoms with Crippen LogP contribution in [0.5, 0.6) is 0 Å². The molecule has 0 aliphatic rings. The number of imidazole rings is 1. The fourth-order valence-electron chi connectivity index (χ4n) is 5.68. The van der Waals surface area contributed by atoms with Crippen LogP contribution >= 0.6 is 0 Å². The van der Waals surface area contributed by atoms with Crippen LogP contribution in [0.25, 0.3) is 49.9 Å². The number of hydrogen-bond donors (Lipinski definition) is 0. The fraction of sp³-hybridized carbons (Fsp3) is 0.219. The molecule has 6 aromatic rings. The second-order valence-electron chi connectivity index (χ2n) is 9.37. The van der Waals surface area contributed by atoms with Crippen LogP contribution in [0.3, 0.4) is 0 Å². The Kier molecular flexibility index (Phi) is 5.21. The summed E-state index contributed by atoms with van der Waals surface area (Å²) in [6.45, 7) is 9.79. The minimum atomic E-state index is 0.897. The standard InChI is InChI=1S/C32H31N3/c1-5-22-19-27-31(20-23(22)6-2)34(7-3)32(33-27)24-16-17-28(21(4)18-24)35-29-14-10-8-12-25(29)26-13-9-11-15-30(26)35/h8-20H,5-7H2,1-4H3. The first-order chi connectivity index (χ1) is 17.1. The summed E-state index contributed by atoms with van der Waals surface area (Å²) in [6, 6.07) is 28.8. The maximum Gasteiger partial charge on any atom is 0.141 e. The van der Waals surface area contributed by atoms with E-state index < -0.39 is 0 Å². The van der Waals surface area contributed by atoms with Gasteiger partial charge in [-0.1, -0.05) is 50.2 Å². The molecule has 0 N–H and O–H groups in total. The van der Waals surface area contributed by atoms with E-state index >= 15 is 0 Å². The lowest BCUT2D eigenvalue weighted by Crippen LogP contribution is -2.01. The van der Waals surface area contributed by atoms with E-state index in [4.69, 9.17) is 4.98 Å². The van der Waals surface area contributed by atoms with E-state index in [1.165, 1.54) is 55.3 Å². The highest BCUT2D eigenvalue weighted by molar-refractivity contribution is 6.09. The number of hydrogen-bond acceptors (Lipinski definition) is 1. The molecule has 0 aliphatic heterocycles. The summed E-state index contributed by atoms with van der Waals surface area (Å²) in [6.07, 6.45) is 2.09. The van der Waals surface area contributed by atoms with Gasteiger partial charge in [-0.15, -0.1) is 0 Å². The molecular weight excluding hydrogens is 426 g/mol. The SMILES string of the molecule is CCc1cc2nc(-c3ccc(-n4c5ccccc5c5ccccc54)c(C)c3)n(CC)c2cc1CC. The molecule has 0 radical (unpaired) electrons. The minimum Gasteiger partial charge on any atom is -0.324 e. The first-order valence-corrected chi connectivity index (χ1v) is 12.8. The normalized spacial score (nSPS) is 11.8. The molecule has 0 amide bonds. The predicted octanol–water partition coefficient (Wildman–Crippen LogP) is 8.25. The third kappa shape index (κ3) is 3.30. The Morgan fingerprint density at radius 1 is 0.686 bits per heavy atom. The highest BCUT2D eigenvalue weighted by Crippen LogP contribution is 2.35. The van der Waals surface area contributed by atoms with E-state index in [9.17, 15) is 0 Å². The van der Waals surface area contributed by atoms with E-state index in [2.05, 4.69) is 116 Å². The van der Waals surface area contributed by atoms with Gasteiger partial charge in [-0.2, -0.15) is 0 Å². The first-order valence-electron chi connectivity index (χ1n) is 12.8. The summed E-state index contributed by atoms with van der Waals surface area (Å²) in [7, 11) is 0. The van der Waals surface area contributed by atoms with Crippen LogP contribution in [-0.2, 0) is 19.4 Å². The van der Waals surface area contributed by atoms with Crippen LogP contribution in [0, 0.1) is 6.92 Å². The van der Waals surface area contributed by atoms with Gasteiger partial charge in [0.15, 0.2) is 0 Å². The Balaban J connectivity index is 1.54. The van der Waals surface area contributed by atoms with Crippen LogP contribution < -0.4 is 0 Å². The van der Waals surface area contributed by atoms with Gasteiger partial charge in [0.05, 0.1) is 22.1 Å². The van der Waals surface area contributed by atoms with E-state index in [0.29, 0.717) is 0 Å². The van der Waals surface area contributed by atoms with Crippen LogP contribution in [0.1, 0.15) is 37.5 Å². The van der Waals surface area contributed by atoms with Crippen molar-refractivity contribution in [1.29, 1.82) is 0 Å². The molecule has 0 saturated heterocycles. The zero-order valence-electron chi connectivity index (χ0n) is 21.0. The molecule has 0 spiro atoms. The molecule has 35 heavy (non-hydrogen) atoms. The number of fused-ring (bicyclic) bond motifs is 4. The third-order valence-electron chi connectivity index (χ3n) is 7.42. The summed E-state index contributed by atoms with van der Waals surface area (Å²) in [5, 5.41) is 2.58. The zero-order chi connectivity index (χ0) is 24.1. The fourth-order valence-corrected chi connectivity index (χ4v) is 5.68. The molecule has 0 aliphatic carbocycles. The molecule has 0 atom stereocenters. The smallest absolute Gasteiger partial charge is 0.141 e. The second-order valence-corrected chi connectivity index (χ2v) is 9.37. The zero-order valence-corrected chi connectivity index (χ0v) is 21.0. The Morgan fingerprint density at radius 3 is 1.91 bits per heavy atom. The topological polar surface area (TPSA) is 22.8 Å². The van der Waals surface area contributed by atoms with Crippen molar-refractivity contribution in [3.05, 3.63) is 95.6 Å². The molecule has 3 heteroatoms. The van der Waals surface area contributed by atoms with Crippen LogP contribution in [-0.4, -0.2) is 14.1 Å². The van der Waals surface area contributed by atoms with E-state index in [1.54, 1.807) is 0 Å². The van der Waals surface area contributed by atoms with Crippen molar-refractivity contribution >= 4 is 32.8 Å². The summed E-state index contributed by atoms with van der Waals surface area (Å²) < 4.78 is 4.76. The molecule has 0 unspecified atom stereocenters. The van der Waals surface area contributed by atoms with Crippen molar-refractivity contribution < 1.29 is 0 Å². The van der Waals surface area contributed by atoms with Gasteiger partial charge in [-0.3, -0.25) is 0 Å². The molecule has 0 bridgehead atoms. The van der Waals surface area contributed by atoms with Crippen molar-refractivity contribution in [3.8, 4) is 17.1 Å². The number of benzene rings is 4. The third-order valence-corrected chi connectivity index (χ3v) is 7.42. The van der Waals surface area contributed by atoms with Crippen LogP contribution in [0.4, 0.5) is 0 Å². The quantitative estimate of drug-likeness (QED) is 0.255. The van der Waals surface area contributed by atoms with Gasteiger partial charge in [0, 0.05) is 28.6 Å². The van der Waals surface area contributed by atoms with Crippen LogP contribution in [0.15, 0.2) is 78.9 Å². The Morgan fingerprint density at radius 2 is 1.31 bits per heavy atom. The van der Waals surface area contributed by atoms with E-state index in [-0.39, 0.29) is 0 Å². The lowest BCUT2D eigenvalue weighted by Gasteiger charge is -2.13. The Labute approximate surface area is 206 Å². The van der Waals surface area contributed by atoms with Gasteiger partial charge in [-0.05, 0) is 85.8 Å². The molecule has 0 fully saturated rings. The highest BCUT2D eigenvalue weighted by atomic mass is 15.1. The van der Waals surface area contributed by atoms with Gasteiger partial charge in [-0.25, -0.2) is 4.98 Å².